The standard InChI is InChI=1S/C14H30S/c1-8-12(15)13(11(4)5)14(6,7)9-10(2)3/h10-13,15H,8-9H2,1-7H3. The average Bonchev–Trinajstić information content (AvgIpc) is 1.99. The van der Waals surface area contributed by atoms with E-state index in [-0.39, 0.29) is 0 Å². The molecule has 0 aromatic rings. The lowest BCUT2D eigenvalue weighted by Gasteiger charge is -2.41. The number of thiol groups is 1. The summed E-state index contributed by atoms with van der Waals surface area (Å²) < 4.78 is 0. The molecule has 1 heteroatoms. The molecule has 0 saturated carbocycles. The van der Waals surface area contributed by atoms with Crippen molar-refractivity contribution in [2.24, 2.45) is 23.2 Å². The van der Waals surface area contributed by atoms with E-state index in [1.807, 2.05) is 0 Å². The van der Waals surface area contributed by atoms with E-state index in [1.54, 1.807) is 0 Å². The molecule has 0 rings (SSSR count). The van der Waals surface area contributed by atoms with Crippen LogP contribution in [0.4, 0.5) is 0 Å². The van der Waals surface area contributed by atoms with Gasteiger partial charge in [0.1, 0.15) is 0 Å². The molecule has 0 aliphatic heterocycles. The van der Waals surface area contributed by atoms with Crippen molar-refractivity contribution in [3.05, 3.63) is 0 Å². The fourth-order valence-electron chi connectivity index (χ4n) is 3.31. The summed E-state index contributed by atoms with van der Waals surface area (Å²) in [5.74, 6) is 2.22. The lowest BCUT2D eigenvalue weighted by atomic mass is 9.67. The molecular formula is C14H30S. The van der Waals surface area contributed by atoms with Gasteiger partial charge >= 0.3 is 0 Å². The predicted molar refractivity (Wildman–Crippen MR) is 74.6 cm³/mol. The van der Waals surface area contributed by atoms with Gasteiger partial charge in [0.2, 0.25) is 0 Å². The minimum absolute atomic E-state index is 0.408. The molecule has 0 radical (unpaired) electrons. The highest BCUT2D eigenvalue weighted by molar-refractivity contribution is 7.81. The van der Waals surface area contributed by atoms with Crippen LogP contribution in [-0.4, -0.2) is 5.25 Å². The fourth-order valence-corrected chi connectivity index (χ4v) is 4.06. The Labute approximate surface area is 103 Å². The topological polar surface area (TPSA) is 0 Å². The van der Waals surface area contributed by atoms with Crippen molar-refractivity contribution < 1.29 is 0 Å². The zero-order valence-corrected chi connectivity index (χ0v) is 12.6. The third-order valence-corrected chi connectivity index (χ3v) is 4.07. The minimum Gasteiger partial charge on any atom is -0.176 e. The van der Waals surface area contributed by atoms with Gasteiger partial charge < -0.3 is 0 Å². The van der Waals surface area contributed by atoms with Crippen molar-refractivity contribution in [1.82, 2.24) is 0 Å². The molecule has 2 atom stereocenters. The summed E-state index contributed by atoms with van der Waals surface area (Å²) in [6.07, 6.45) is 2.47. The van der Waals surface area contributed by atoms with E-state index in [4.69, 9.17) is 12.6 Å². The van der Waals surface area contributed by atoms with Crippen LogP contribution in [0.2, 0.25) is 0 Å². The Hall–Kier alpha value is 0.350. The minimum atomic E-state index is 0.408. The summed E-state index contributed by atoms with van der Waals surface area (Å²) in [6.45, 7) is 16.4. The molecule has 2 unspecified atom stereocenters. The first-order valence-corrected chi connectivity index (χ1v) is 6.92. The van der Waals surface area contributed by atoms with Crippen LogP contribution in [0.15, 0.2) is 0 Å². The molecule has 0 nitrogen and oxygen atoms in total. The Balaban J connectivity index is 4.73. The molecule has 0 saturated heterocycles. The molecule has 0 aliphatic carbocycles. The molecule has 0 heterocycles. The van der Waals surface area contributed by atoms with E-state index in [2.05, 4.69) is 48.5 Å². The van der Waals surface area contributed by atoms with E-state index < -0.39 is 0 Å². The van der Waals surface area contributed by atoms with E-state index >= 15 is 0 Å². The summed E-state index contributed by atoms with van der Waals surface area (Å²) in [6, 6.07) is 0. The van der Waals surface area contributed by atoms with Crippen LogP contribution in [0, 0.1) is 23.2 Å². The van der Waals surface area contributed by atoms with Gasteiger partial charge in [-0.25, -0.2) is 0 Å². The maximum absolute atomic E-state index is 4.78. The predicted octanol–water partition coefficient (Wildman–Crippen LogP) is 5.04. The first-order valence-electron chi connectivity index (χ1n) is 6.40. The first kappa shape index (κ1) is 15.3. The maximum Gasteiger partial charge on any atom is 0.00499 e. The SMILES string of the molecule is CCC(S)C(C(C)C)C(C)(C)CC(C)C. The van der Waals surface area contributed by atoms with Gasteiger partial charge in [0.15, 0.2) is 0 Å². The highest BCUT2D eigenvalue weighted by Crippen LogP contribution is 2.42. The molecule has 0 fully saturated rings. The summed E-state index contributed by atoms with van der Waals surface area (Å²) >= 11 is 4.78. The van der Waals surface area contributed by atoms with E-state index in [1.165, 1.54) is 12.8 Å². The van der Waals surface area contributed by atoms with Crippen molar-refractivity contribution in [3.63, 3.8) is 0 Å². The van der Waals surface area contributed by atoms with Gasteiger partial charge in [0, 0.05) is 5.25 Å². The van der Waals surface area contributed by atoms with Crippen LogP contribution < -0.4 is 0 Å². The van der Waals surface area contributed by atoms with Gasteiger partial charge in [-0.2, -0.15) is 12.6 Å². The van der Waals surface area contributed by atoms with Crippen molar-refractivity contribution in [2.45, 2.75) is 66.6 Å². The number of hydrogen-bond donors (Lipinski definition) is 1. The second kappa shape index (κ2) is 6.18. The Kier molecular flexibility index (Phi) is 6.32. The van der Waals surface area contributed by atoms with E-state index in [0.29, 0.717) is 16.6 Å². The third-order valence-electron chi connectivity index (χ3n) is 3.39. The van der Waals surface area contributed by atoms with Crippen LogP contribution in [0.3, 0.4) is 0 Å². The molecule has 0 N–H and O–H groups in total. The molecule has 0 amide bonds. The van der Waals surface area contributed by atoms with Gasteiger partial charge in [-0.15, -0.1) is 0 Å². The molecule has 0 bridgehead atoms. The Morgan fingerprint density at radius 1 is 1.07 bits per heavy atom. The quantitative estimate of drug-likeness (QED) is 0.607. The molecule has 15 heavy (non-hydrogen) atoms. The van der Waals surface area contributed by atoms with Crippen LogP contribution in [0.5, 0.6) is 0 Å². The Morgan fingerprint density at radius 2 is 1.53 bits per heavy atom. The smallest absolute Gasteiger partial charge is 0.00499 e. The zero-order chi connectivity index (χ0) is 12.2. The zero-order valence-electron chi connectivity index (χ0n) is 11.7. The van der Waals surface area contributed by atoms with Crippen molar-refractivity contribution in [3.8, 4) is 0 Å². The number of rotatable bonds is 6. The van der Waals surface area contributed by atoms with Gasteiger partial charge in [-0.3, -0.25) is 0 Å². The van der Waals surface area contributed by atoms with Gasteiger partial charge in [-0.1, -0.05) is 48.5 Å². The van der Waals surface area contributed by atoms with E-state index in [9.17, 15) is 0 Å². The Bertz CT molecular complexity index is 170. The summed E-state index contributed by atoms with van der Waals surface area (Å²) in [4.78, 5) is 0. The second-order valence-electron chi connectivity index (χ2n) is 6.33. The second-order valence-corrected chi connectivity index (χ2v) is 7.00. The molecule has 0 aromatic heterocycles. The highest BCUT2D eigenvalue weighted by atomic mass is 32.1. The van der Waals surface area contributed by atoms with Crippen LogP contribution >= 0.6 is 12.6 Å². The summed E-state index contributed by atoms with van der Waals surface area (Å²) in [5, 5.41) is 0.541. The molecule has 0 aliphatic rings. The van der Waals surface area contributed by atoms with Crippen molar-refractivity contribution in [2.75, 3.05) is 0 Å². The maximum atomic E-state index is 4.78. The third kappa shape index (κ3) is 4.80. The lowest BCUT2D eigenvalue weighted by molar-refractivity contribution is 0.121. The van der Waals surface area contributed by atoms with Gasteiger partial charge in [-0.05, 0) is 36.0 Å². The lowest BCUT2D eigenvalue weighted by Crippen LogP contribution is -2.36. The Morgan fingerprint density at radius 3 is 1.80 bits per heavy atom. The van der Waals surface area contributed by atoms with Gasteiger partial charge in [0.05, 0.1) is 0 Å². The van der Waals surface area contributed by atoms with Crippen LogP contribution in [0.25, 0.3) is 0 Å². The number of hydrogen-bond acceptors (Lipinski definition) is 1. The summed E-state index contributed by atoms with van der Waals surface area (Å²) in [5.41, 5.74) is 0.408. The van der Waals surface area contributed by atoms with E-state index in [0.717, 1.165) is 11.8 Å². The normalized spacial score (nSPS) is 17.2. The van der Waals surface area contributed by atoms with Crippen LogP contribution in [-0.2, 0) is 0 Å². The molecule has 92 valence electrons. The highest BCUT2D eigenvalue weighted by Gasteiger charge is 2.35. The first-order chi connectivity index (χ1) is 6.72. The molecule has 0 aromatic carbocycles. The molecular weight excluding hydrogens is 200 g/mol. The summed E-state index contributed by atoms with van der Waals surface area (Å²) in [7, 11) is 0. The van der Waals surface area contributed by atoms with Crippen LogP contribution in [0.1, 0.15) is 61.3 Å². The average molecular weight is 230 g/mol. The monoisotopic (exact) mass is 230 g/mol. The van der Waals surface area contributed by atoms with Crippen molar-refractivity contribution in [1.29, 1.82) is 0 Å². The fraction of sp³-hybridized carbons (Fsp3) is 1.00. The molecule has 0 spiro atoms. The largest absolute Gasteiger partial charge is 0.176 e. The van der Waals surface area contributed by atoms with Gasteiger partial charge in [0.25, 0.3) is 0 Å². The van der Waals surface area contributed by atoms with Crippen molar-refractivity contribution >= 4 is 12.6 Å².